The molecule has 1 heterocycles. The van der Waals surface area contributed by atoms with Gasteiger partial charge in [0.1, 0.15) is 0 Å². The van der Waals surface area contributed by atoms with Crippen LogP contribution in [0, 0.1) is 0 Å². The molecule has 2 N–H and O–H groups in total. The summed E-state index contributed by atoms with van der Waals surface area (Å²) in [6, 6.07) is 0.134. The van der Waals surface area contributed by atoms with E-state index in [9.17, 15) is 9.59 Å². The van der Waals surface area contributed by atoms with Crippen LogP contribution in [0.3, 0.4) is 0 Å². The molecule has 0 saturated carbocycles. The summed E-state index contributed by atoms with van der Waals surface area (Å²) in [6.45, 7) is 2.39. The van der Waals surface area contributed by atoms with Crippen molar-refractivity contribution in [2.75, 3.05) is 6.54 Å². The van der Waals surface area contributed by atoms with Crippen LogP contribution in [0.1, 0.15) is 26.2 Å². The molecule has 1 atom stereocenters. The van der Waals surface area contributed by atoms with Gasteiger partial charge in [-0.15, -0.1) is 0 Å². The van der Waals surface area contributed by atoms with E-state index in [1.165, 1.54) is 0 Å². The van der Waals surface area contributed by atoms with Crippen molar-refractivity contribution in [1.82, 2.24) is 10.6 Å². The lowest BCUT2D eigenvalue weighted by Crippen LogP contribution is -2.47. The summed E-state index contributed by atoms with van der Waals surface area (Å²) in [5.41, 5.74) is 0. The van der Waals surface area contributed by atoms with E-state index in [1.807, 2.05) is 6.92 Å². The number of carbonyl (C=O) groups excluding carboxylic acids is 2. The first-order chi connectivity index (χ1) is 5.72. The summed E-state index contributed by atoms with van der Waals surface area (Å²) in [5.74, 6) is 0.133. The van der Waals surface area contributed by atoms with E-state index >= 15 is 0 Å². The Balaban J connectivity index is 2.26. The van der Waals surface area contributed by atoms with Gasteiger partial charge in [0.25, 0.3) is 0 Å². The van der Waals surface area contributed by atoms with Gasteiger partial charge in [0.15, 0.2) is 0 Å². The molecular formula is C8H14N2O2. The van der Waals surface area contributed by atoms with Gasteiger partial charge < -0.3 is 10.6 Å². The maximum Gasteiger partial charge on any atom is 0.220 e. The van der Waals surface area contributed by atoms with Crippen LogP contribution in [0.2, 0.25) is 0 Å². The third-order valence-corrected chi connectivity index (χ3v) is 1.95. The van der Waals surface area contributed by atoms with E-state index in [1.54, 1.807) is 0 Å². The van der Waals surface area contributed by atoms with Crippen molar-refractivity contribution in [3.63, 3.8) is 0 Å². The standard InChI is InChI=1S/C8H14N2O2/c1-2-7(11)10-6-3-4-8(12)9-5-6/h6H,2-5H2,1H3,(H,9,12)(H,10,11). The molecule has 0 radical (unpaired) electrons. The smallest absolute Gasteiger partial charge is 0.220 e. The van der Waals surface area contributed by atoms with Crippen molar-refractivity contribution < 1.29 is 9.59 Å². The topological polar surface area (TPSA) is 58.2 Å². The molecule has 4 nitrogen and oxygen atoms in total. The number of hydrogen-bond acceptors (Lipinski definition) is 2. The molecule has 0 aromatic heterocycles. The van der Waals surface area contributed by atoms with Gasteiger partial charge in [-0.3, -0.25) is 9.59 Å². The lowest BCUT2D eigenvalue weighted by molar-refractivity contribution is -0.125. The summed E-state index contributed by atoms with van der Waals surface area (Å²) in [4.78, 5) is 21.7. The van der Waals surface area contributed by atoms with Crippen LogP contribution in [0.5, 0.6) is 0 Å². The molecule has 12 heavy (non-hydrogen) atoms. The Morgan fingerprint density at radius 2 is 2.50 bits per heavy atom. The molecule has 1 fully saturated rings. The van der Waals surface area contributed by atoms with Gasteiger partial charge in [-0.05, 0) is 6.42 Å². The Hall–Kier alpha value is -1.06. The fraction of sp³-hybridized carbons (Fsp3) is 0.750. The van der Waals surface area contributed by atoms with E-state index < -0.39 is 0 Å². The van der Waals surface area contributed by atoms with E-state index in [-0.39, 0.29) is 17.9 Å². The van der Waals surface area contributed by atoms with Gasteiger partial charge in [0.05, 0.1) is 0 Å². The minimum atomic E-state index is 0.0520. The first-order valence-corrected chi connectivity index (χ1v) is 4.28. The van der Waals surface area contributed by atoms with Crippen LogP contribution in [0.15, 0.2) is 0 Å². The summed E-state index contributed by atoms with van der Waals surface area (Å²) in [7, 11) is 0. The highest BCUT2D eigenvalue weighted by Gasteiger charge is 2.18. The summed E-state index contributed by atoms with van der Waals surface area (Å²) < 4.78 is 0. The highest BCUT2D eigenvalue weighted by Crippen LogP contribution is 2.02. The lowest BCUT2D eigenvalue weighted by Gasteiger charge is -2.23. The summed E-state index contributed by atoms with van der Waals surface area (Å²) in [6.07, 6.45) is 1.79. The van der Waals surface area contributed by atoms with E-state index in [2.05, 4.69) is 10.6 Å². The van der Waals surface area contributed by atoms with Crippen LogP contribution in [0.25, 0.3) is 0 Å². The average molecular weight is 170 g/mol. The van der Waals surface area contributed by atoms with Gasteiger partial charge in [0.2, 0.25) is 11.8 Å². The molecule has 0 aromatic carbocycles. The number of hydrogen-bond donors (Lipinski definition) is 2. The normalized spacial score (nSPS) is 23.1. The Kier molecular flexibility index (Phi) is 3.08. The van der Waals surface area contributed by atoms with Gasteiger partial charge in [-0.2, -0.15) is 0 Å². The zero-order valence-corrected chi connectivity index (χ0v) is 7.22. The van der Waals surface area contributed by atoms with E-state index in [0.29, 0.717) is 19.4 Å². The van der Waals surface area contributed by atoms with Gasteiger partial charge in [0, 0.05) is 25.4 Å². The molecule has 1 aliphatic heterocycles. The van der Waals surface area contributed by atoms with Gasteiger partial charge in [-0.25, -0.2) is 0 Å². The molecule has 0 aromatic rings. The van der Waals surface area contributed by atoms with Crippen molar-refractivity contribution in [3.8, 4) is 0 Å². The molecule has 2 amide bonds. The average Bonchev–Trinajstić information content (AvgIpc) is 2.09. The number of piperidine rings is 1. The second-order valence-electron chi connectivity index (χ2n) is 2.96. The Labute approximate surface area is 71.7 Å². The minimum Gasteiger partial charge on any atom is -0.354 e. The molecule has 0 spiro atoms. The van der Waals surface area contributed by atoms with Crippen molar-refractivity contribution in [2.24, 2.45) is 0 Å². The van der Waals surface area contributed by atoms with Crippen molar-refractivity contribution in [2.45, 2.75) is 32.2 Å². The Morgan fingerprint density at radius 3 is 3.00 bits per heavy atom. The second-order valence-corrected chi connectivity index (χ2v) is 2.96. The molecule has 4 heteroatoms. The molecule has 1 saturated heterocycles. The second kappa shape index (κ2) is 4.09. The highest BCUT2D eigenvalue weighted by molar-refractivity contribution is 5.78. The first kappa shape index (κ1) is 9.03. The first-order valence-electron chi connectivity index (χ1n) is 4.28. The van der Waals surface area contributed by atoms with Crippen LogP contribution >= 0.6 is 0 Å². The quantitative estimate of drug-likeness (QED) is 0.602. The number of amides is 2. The fourth-order valence-corrected chi connectivity index (χ4v) is 1.19. The van der Waals surface area contributed by atoms with Crippen molar-refractivity contribution in [3.05, 3.63) is 0 Å². The SMILES string of the molecule is CCC(=O)NC1CCC(=O)NC1. The molecule has 1 aliphatic rings. The predicted molar refractivity (Wildman–Crippen MR) is 44.5 cm³/mol. The lowest BCUT2D eigenvalue weighted by atomic mass is 10.1. The maximum atomic E-state index is 10.9. The Morgan fingerprint density at radius 1 is 1.75 bits per heavy atom. The van der Waals surface area contributed by atoms with Gasteiger partial charge >= 0.3 is 0 Å². The maximum absolute atomic E-state index is 10.9. The van der Waals surface area contributed by atoms with E-state index in [4.69, 9.17) is 0 Å². The molecular weight excluding hydrogens is 156 g/mol. The van der Waals surface area contributed by atoms with Crippen LogP contribution < -0.4 is 10.6 Å². The van der Waals surface area contributed by atoms with Crippen molar-refractivity contribution >= 4 is 11.8 Å². The predicted octanol–water partition coefficient (Wildman–Crippen LogP) is -0.209. The number of rotatable bonds is 2. The number of nitrogens with one attached hydrogen (secondary N) is 2. The van der Waals surface area contributed by atoms with Gasteiger partial charge in [-0.1, -0.05) is 6.92 Å². The van der Waals surface area contributed by atoms with Crippen molar-refractivity contribution in [1.29, 1.82) is 0 Å². The van der Waals surface area contributed by atoms with Crippen LogP contribution in [-0.4, -0.2) is 24.4 Å². The number of carbonyl (C=O) groups is 2. The van der Waals surface area contributed by atoms with Crippen LogP contribution in [-0.2, 0) is 9.59 Å². The Bertz CT molecular complexity index is 181. The minimum absolute atomic E-state index is 0.0520. The third kappa shape index (κ3) is 2.53. The summed E-state index contributed by atoms with van der Waals surface area (Å²) in [5, 5.41) is 5.54. The zero-order valence-electron chi connectivity index (χ0n) is 7.22. The zero-order chi connectivity index (χ0) is 8.97. The monoisotopic (exact) mass is 170 g/mol. The molecule has 0 aliphatic carbocycles. The molecule has 68 valence electrons. The third-order valence-electron chi connectivity index (χ3n) is 1.95. The largest absolute Gasteiger partial charge is 0.354 e. The molecule has 1 unspecified atom stereocenters. The van der Waals surface area contributed by atoms with E-state index in [0.717, 1.165) is 6.42 Å². The van der Waals surface area contributed by atoms with Crippen LogP contribution in [0.4, 0.5) is 0 Å². The molecule has 0 bridgehead atoms. The summed E-state index contributed by atoms with van der Waals surface area (Å²) >= 11 is 0. The molecule has 1 rings (SSSR count). The fourth-order valence-electron chi connectivity index (χ4n) is 1.19. The highest BCUT2D eigenvalue weighted by atomic mass is 16.2.